The lowest BCUT2D eigenvalue weighted by atomic mass is 10.3. The molecule has 0 fully saturated rings. The molecule has 0 bridgehead atoms. The minimum absolute atomic E-state index is 0.346. The summed E-state index contributed by atoms with van der Waals surface area (Å²) in [5, 5.41) is 21.0. The van der Waals surface area contributed by atoms with Crippen LogP contribution < -0.4 is 4.65 Å². The maximum absolute atomic E-state index is 8.52. The molecule has 2 N–H and O–H groups in total. The molecule has 1 rings (SSSR count). The highest BCUT2D eigenvalue weighted by molar-refractivity contribution is 6.33. The molecule has 0 spiro atoms. The Morgan fingerprint density at radius 2 is 2.29 bits per heavy atom. The van der Waals surface area contributed by atoms with Crippen LogP contribution in [0.2, 0.25) is 0 Å². The molecule has 0 radical (unpaired) electrons. The number of likely N-dealkylation sites (N-methyl/N-ethyl adjacent to an activating group) is 1. The first kappa shape index (κ1) is 11.0. The van der Waals surface area contributed by atoms with Crippen molar-refractivity contribution in [3.63, 3.8) is 0 Å². The Morgan fingerprint density at radius 3 is 2.86 bits per heavy atom. The van der Waals surface area contributed by atoms with Crippen LogP contribution in [-0.2, 0) is 6.54 Å². The molecule has 0 aliphatic carbocycles. The van der Waals surface area contributed by atoms with Crippen LogP contribution in [0.1, 0.15) is 0 Å². The molecule has 1 heterocycles. The molecule has 1 aromatic rings. The fraction of sp³-hybridized carbons (Fsp3) is 0.571. The van der Waals surface area contributed by atoms with Crippen LogP contribution in [0.3, 0.4) is 0 Å². The smallest absolute Gasteiger partial charge is 0.509 e. The second-order valence-corrected chi connectivity index (χ2v) is 3.19. The molecule has 0 aliphatic heterocycles. The topological polar surface area (TPSA) is 70.8 Å². The minimum atomic E-state index is -1.79. The highest BCUT2D eigenvalue weighted by Crippen LogP contribution is 2.07. The summed E-state index contributed by atoms with van der Waals surface area (Å²) in [7, 11) is 2.15. The van der Waals surface area contributed by atoms with Gasteiger partial charge in [-0.2, -0.15) is 5.10 Å². The van der Waals surface area contributed by atoms with Gasteiger partial charge in [0.1, 0.15) is 5.75 Å². The van der Waals surface area contributed by atoms with E-state index in [9.17, 15) is 0 Å². The molecule has 0 unspecified atom stereocenters. The molecule has 78 valence electrons. The van der Waals surface area contributed by atoms with Gasteiger partial charge in [-0.05, 0) is 14.1 Å². The van der Waals surface area contributed by atoms with E-state index in [4.69, 9.17) is 10.0 Å². The van der Waals surface area contributed by atoms with E-state index in [1.807, 2.05) is 19.0 Å². The monoisotopic (exact) mass is 199 g/mol. The van der Waals surface area contributed by atoms with Crippen molar-refractivity contribution in [1.29, 1.82) is 0 Å². The fourth-order valence-corrected chi connectivity index (χ4v) is 0.952. The number of aromatic nitrogens is 2. The van der Waals surface area contributed by atoms with Crippen molar-refractivity contribution in [1.82, 2.24) is 14.7 Å². The number of hydrogen-bond acceptors (Lipinski definition) is 5. The zero-order valence-electron chi connectivity index (χ0n) is 8.29. The van der Waals surface area contributed by atoms with E-state index < -0.39 is 7.32 Å². The molecule has 7 heteroatoms. The van der Waals surface area contributed by atoms with E-state index in [2.05, 4.69) is 9.75 Å². The van der Waals surface area contributed by atoms with Crippen LogP contribution in [-0.4, -0.2) is 52.7 Å². The van der Waals surface area contributed by atoms with Crippen molar-refractivity contribution < 1.29 is 14.7 Å². The van der Waals surface area contributed by atoms with Crippen molar-refractivity contribution in [2.24, 2.45) is 0 Å². The third-order valence-corrected chi connectivity index (χ3v) is 1.63. The second kappa shape index (κ2) is 4.99. The molecule has 0 saturated heterocycles. The standard InChI is InChI=1S/C7H14BN3O3/c1-10(2)3-4-11-6-7(5-9-11)14-8(12)13/h5-6,12-13H,3-4H2,1-2H3. The zero-order chi connectivity index (χ0) is 10.6. The Balaban J connectivity index is 2.42. The molecule has 0 aromatic carbocycles. The van der Waals surface area contributed by atoms with Gasteiger partial charge in [0.25, 0.3) is 0 Å². The predicted molar refractivity (Wildman–Crippen MR) is 51.6 cm³/mol. The Labute approximate surface area is 82.9 Å². The van der Waals surface area contributed by atoms with Gasteiger partial charge in [-0.25, -0.2) is 0 Å². The third-order valence-electron chi connectivity index (χ3n) is 1.63. The van der Waals surface area contributed by atoms with E-state index in [0.717, 1.165) is 13.1 Å². The summed E-state index contributed by atoms with van der Waals surface area (Å²) in [6.07, 6.45) is 3.05. The summed E-state index contributed by atoms with van der Waals surface area (Å²) >= 11 is 0. The molecule has 1 aromatic heterocycles. The van der Waals surface area contributed by atoms with Crippen LogP contribution in [0.15, 0.2) is 12.4 Å². The first-order valence-electron chi connectivity index (χ1n) is 4.28. The molecule has 6 nitrogen and oxygen atoms in total. The van der Waals surface area contributed by atoms with Gasteiger partial charge in [0, 0.05) is 6.54 Å². The van der Waals surface area contributed by atoms with Crippen molar-refractivity contribution in [2.75, 3.05) is 20.6 Å². The van der Waals surface area contributed by atoms with Gasteiger partial charge in [0.15, 0.2) is 0 Å². The van der Waals surface area contributed by atoms with Crippen molar-refractivity contribution in [3.8, 4) is 5.75 Å². The van der Waals surface area contributed by atoms with Crippen molar-refractivity contribution in [2.45, 2.75) is 6.54 Å². The van der Waals surface area contributed by atoms with Crippen LogP contribution in [0, 0.1) is 0 Å². The van der Waals surface area contributed by atoms with Gasteiger partial charge in [-0.15, -0.1) is 0 Å². The van der Waals surface area contributed by atoms with Gasteiger partial charge in [0.2, 0.25) is 0 Å². The average Bonchev–Trinajstić information content (AvgIpc) is 2.47. The van der Waals surface area contributed by atoms with E-state index in [-0.39, 0.29) is 0 Å². The predicted octanol–water partition coefficient (Wildman–Crippen LogP) is -1.21. The van der Waals surface area contributed by atoms with Gasteiger partial charge >= 0.3 is 7.32 Å². The molecule has 14 heavy (non-hydrogen) atoms. The van der Waals surface area contributed by atoms with Crippen LogP contribution >= 0.6 is 0 Å². The quantitative estimate of drug-likeness (QED) is 0.582. The second-order valence-electron chi connectivity index (χ2n) is 3.19. The maximum atomic E-state index is 8.52. The van der Waals surface area contributed by atoms with Gasteiger partial charge in [0.05, 0.1) is 18.9 Å². The number of nitrogens with zero attached hydrogens (tertiary/aromatic N) is 3. The Kier molecular flexibility index (Phi) is 3.93. The van der Waals surface area contributed by atoms with E-state index in [1.54, 1.807) is 10.9 Å². The van der Waals surface area contributed by atoms with Gasteiger partial charge < -0.3 is 19.6 Å². The van der Waals surface area contributed by atoms with E-state index in [1.165, 1.54) is 6.20 Å². The molecule has 0 aliphatic rings. The van der Waals surface area contributed by atoms with Crippen LogP contribution in [0.5, 0.6) is 5.75 Å². The molecule has 0 saturated carbocycles. The van der Waals surface area contributed by atoms with Gasteiger partial charge in [-0.3, -0.25) is 4.68 Å². The normalized spacial score (nSPS) is 10.6. The summed E-state index contributed by atoms with van der Waals surface area (Å²) in [5.74, 6) is 0.346. The summed E-state index contributed by atoms with van der Waals surface area (Å²) in [6, 6.07) is 0. The van der Waals surface area contributed by atoms with E-state index >= 15 is 0 Å². The Hall–Kier alpha value is -1.05. The summed E-state index contributed by atoms with van der Waals surface area (Å²) in [4.78, 5) is 2.03. The van der Waals surface area contributed by atoms with E-state index in [0.29, 0.717) is 5.75 Å². The molecular weight excluding hydrogens is 185 g/mol. The lowest BCUT2D eigenvalue weighted by molar-refractivity contribution is 0.288. The first-order chi connectivity index (χ1) is 6.58. The highest BCUT2D eigenvalue weighted by Gasteiger charge is 2.12. The highest BCUT2D eigenvalue weighted by atomic mass is 16.6. The first-order valence-corrected chi connectivity index (χ1v) is 4.28. The average molecular weight is 199 g/mol. The maximum Gasteiger partial charge on any atom is 0.707 e. The summed E-state index contributed by atoms with van der Waals surface area (Å²) < 4.78 is 6.29. The SMILES string of the molecule is CN(C)CCn1cc(OB(O)O)cn1. The van der Waals surface area contributed by atoms with Crippen molar-refractivity contribution in [3.05, 3.63) is 12.4 Å². The lowest BCUT2D eigenvalue weighted by Crippen LogP contribution is -2.20. The zero-order valence-corrected chi connectivity index (χ0v) is 8.29. The summed E-state index contributed by atoms with van der Waals surface area (Å²) in [5.41, 5.74) is 0. The molecule has 0 atom stereocenters. The van der Waals surface area contributed by atoms with Crippen molar-refractivity contribution >= 4 is 7.32 Å². The lowest BCUT2D eigenvalue weighted by Gasteiger charge is -2.08. The Bertz CT molecular complexity index is 277. The molecular formula is C7H14BN3O3. The largest absolute Gasteiger partial charge is 0.707 e. The Morgan fingerprint density at radius 1 is 1.57 bits per heavy atom. The minimum Gasteiger partial charge on any atom is -0.509 e. The van der Waals surface area contributed by atoms with Crippen LogP contribution in [0.4, 0.5) is 0 Å². The van der Waals surface area contributed by atoms with Gasteiger partial charge in [-0.1, -0.05) is 0 Å². The number of hydrogen-bond donors (Lipinski definition) is 2. The number of rotatable bonds is 5. The van der Waals surface area contributed by atoms with Crippen LogP contribution in [0.25, 0.3) is 0 Å². The molecule has 0 amide bonds. The fourth-order valence-electron chi connectivity index (χ4n) is 0.952. The third kappa shape index (κ3) is 3.78. The summed E-state index contributed by atoms with van der Waals surface area (Å²) in [6.45, 7) is 1.60.